The van der Waals surface area contributed by atoms with Crippen LogP contribution in [0.1, 0.15) is 47.5 Å². The highest BCUT2D eigenvalue weighted by atomic mass is 17.2. The topological polar surface area (TPSA) is 558 Å². The summed E-state index contributed by atoms with van der Waals surface area (Å²) in [5.41, 5.74) is 4.07. The van der Waals surface area contributed by atoms with Gasteiger partial charge in [0.2, 0.25) is 29.9 Å². The van der Waals surface area contributed by atoms with Gasteiger partial charge in [-0.2, -0.15) is 0 Å². The summed E-state index contributed by atoms with van der Waals surface area (Å²) in [5, 5.41) is 180. The second-order valence-electron chi connectivity index (χ2n) is 18.7. The van der Waals surface area contributed by atoms with E-state index in [0.717, 1.165) is 27.7 Å². The zero-order valence-electron chi connectivity index (χ0n) is 43.3. The SMILES string of the molecule is CC(=O)N/C(=C(\O)C(CCO)OC1OC(CO)C(O)C(O)C1N)C(O)OC1C(CO)OC(OC(CCO)/C(O)=C(/NC(C)=O)C(O)OC2C(COOC3OC(C)C(O)C(O)C3O)OC(O)C(NC(C)=O)C2O)C(NC(C)=O)C1O. The molecule has 4 fully saturated rings. The maximum absolute atomic E-state index is 12.6. The number of nitrogens with two attached hydrogens (primary N) is 1. The summed E-state index contributed by atoms with van der Waals surface area (Å²) in [6, 6.07) is -5.09. The molecule has 79 heavy (non-hydrogen) atoms. The third kappa shape index (κ3) is 17.5. The Morgan fingerprint density at radius 3 is 1.48 bits per heavy atom. The first kappa shape index (κ1) is 67.5. The zero-order valence-corrected chi connectivity index (χ0v) is 43.3. The van der Waals surface area contributed by atoms with Crippen molar-refractivity contribution in [2.75, 3.05) is 33.0 Å². The Morgan fingerprint density at radius 1 is 0.532 bits per heavy atom. The van der Waals surface area contributed by atoms with Gasteiger partial charge in [-0.25, -0.2) is 9.78 Å². The summed E-state index contributed by atoms with van der Waals surface area (Å²) in [4.78, 5) is 59.9. The fraction of sp³-hybridized carbons (Fsp3) is 0.818. The van der Waals surface area contributed by atoms with Gasteiger partial charge in [0.15, 0.2) is 31.5 Å². The third-order valence-electron chi connectivity index (χ3n) is 12.6. The van der Waals surface area contributed by atoms with Crippen LogP contribution in [0, 0.1) is 0 Å². The summed E-state index contributed by atoms with van der Waals surface area (Å²) in [5.74, 6) is -5.92. The number of aliphatic hydroxyl groups excluding tert-OH is 16. The molecule has 4 heterocycles. The van der Waals surface area contributed by atoms with Crippen LogP contribution in [0.4, 0.5) is 0 Å². The fourth-order valence-corrected chi connectivity index (χ4v) is 8.62. The van der Waals surface area contributed by atoms with Gasteiger partial charge in [0, 0.05) is 53.8 Å². The lowest BCUT2D eigenvalue weighted by Crippen LogP contribution is -2.66. The lowest BCUT2D eigenvalue weighted by molar-refractivity contribution is -0.433. The van der Waals surface area contributed by atoms with Crippen molar-refractivity contribution < 1.29 is 149 Å². The van der Waals surface area contributed by atoms with E-state index in [9.17, 15) is 101 Å². The van der Waals surface area contributed by atoms with Crippen LogP contribution >= 0.6 is 0 Å². The van der Waals surface area contributed by atoms with E-state index in [0.29, 0.717) is 0 Å². The van der Waals surface area contributed by atoms with Crippen molar-refractivity contribution in [1.29, 1.82) is 0 Å². The summed E-state index contributed by atoms with van der Waals surface area (Å²) < 4.78 is 45.1. The van der Waals surface area contributed by atoms with Gasteiger partial charge in [-0.15, -0.1) is 0 Å². The average molecular weight is 1150 g/mol. The molecule has 0 bridgehead atoms. The number of amides is 4. The van der Waals surface area contributed by atoms with Gasteiger partial charge in [0.1, 0.15) is 127 Å². The number of hydrogen-bond donors (Lipinski definition) is 21. The van der Waals surface area contributed by atoms with Gasteiger partial charge in [0.25, 0.3) is 0 Å². The molecule has 0 aromatic rings. The minimum Gasteiger partial charge on any atom is -0.507 e. The van der Waals surface area contributed by atoms with E-state index in [4.69, 9.17) is 53.4 Å². The molecule has 0 spiro atoms. The van der Waals surface area contributed by atoms with E-state index < -0.39 is 240 Å². The number of nitrogens with one attached hydrogen (secondary N) is 4. The van der Waals surface area contributed by atoms with Gasteiger partial charge in [-0.3, -0.25) is 19.2 Å². The number of hydrogen-bond acceptors (Lipinski definition) is 31. The van der Waals surface area contributed by atoms with E-state index in [1.165, 1.54) is 6.92 Å². The van der Waals surface area contributed by atoms with Crippen molar-refractivity contribution in [3.05, 3.63) is 22.9 Å². The van der Waals surface area contributed by atoms with Crippen molar-refractivity contribution in [3.63, 3.8) is 0 Å². The minimum atomic E-state index is -2.59. The Morgan fingerprint density at radius 2 is 1.00 bits per heavy atom. The van der Waals surface area contributed by atoms with Crippen molar-refractivity contribution in [1.82, 2.24) is 21.3 Å². The molecule has 24 unspecified atom stereocenters. The first-order chi connectivity index (χ1) is 37.1. The summed E-state index contributed by atoms with van der Waals surface area (Å²) in [6.45, 7) is 0.702. The highest BCUT2D eigenvalue weighted by molar-refractivity contribution is 5.76. The van der Waals surface area contributed by atoms with Crippen molar-refractivity contribution in [2.24, 2.45) is 5.73 Å². The van der Waals surface area contributed by atoms with Crippen LogP contribution in [0.5, 0.6) is 0 Å². The molecule has 4 amide bonds. The molecular weight excluding hydrogens is 1080 g/mol. The number of carbonyl (C=O) groups is 4. The second-order valence-corrected chi connectivity index (χ2v) is 18.7. The number of rotatable bonds is 26. The van der Waals surface area contributed by atoms with Crippen LogP contribution in [0.15, 0.2) is 22.9 Å². The van der Waals surface area contributed by atoms with Crippen LogP contribution in [-0.2, 0) is 66.8 Å². The smallest absolute Gasteiger partial charge is 0.221 e. The van der Waals surface area contributed by atoms with Gasteiger partial charge in [0.05, 0.1) is 25.4 Å². The molecule has 4 saturated heterocycles. The maximum atomic E-state index is 12.6. The fourth-order valence-electron chi connectivity index (χ4n) is 8.62. The molecule has 0 radical (unpaired) electrons. The van der Waals surface area contributed by atoms with Crippen molar-refractivity contribution in [3.8, 4) is 0 Å². The van der Waals surface area contributed by atoms with Gasteiger partial charge >= 0.3 is 0 Å². The molecule has 4 rings (SSSR count). The molecule has 0 aliphatic carbocycles. The first-order valence-electron chi connectivity index (χ1n) is 24.6. The standard InChI is InChI=1S/C44H75N5O30/c1-13-28(58)35(65)36(66)44(71-13)79-70-12-22-38(33(63)26(39(67)72-22)48-16(4)56)78-41(69)25(47-15(3)55)30(60)19(7-9-51)74-43-27(49-17(5)57)34(64)37(21(11-53)76-43)77-40(68)24(46-14(2)54)29(59)18(6-8-50)73-42-23(45)32(62)31(61)20(10-52)75-42/h13,18-23,26-28,31-44,50-53,58-69H,6-12,45H2,1-5H3,(H,46,54)(H,47,55)(H,48,56)(H,49,57)/b29-24-,30-25-. The molecule has 0 aromatic carbocycles. The van der Waals surface area contributed by atoms with Crippen LogP contribution in [0.3, 0.4) is 0 Å². The number of ether oxygens (including phenoxy) is 8. The van der Waals surface area contributed by atoms with Crippen LogP contribution in [-0.4, -0.2) is 286 Å². The lowest BCUT2D eigenvalue weighted by atomic mass is 9.96. The third-order valence-corrected chi connectivity index (χ3v) is 12.6. The van der Waals surface area contributed by atoms with Gasteiger partial charge in [-0.05, 0) is 6.92 Å². The summed E-state index contributed by atoms with van der Waals surface area (Å²) >= 11 is 0. The lowest BCUT2D eigenvalue weighted by Gasteiger charge is -2.45. The number of aliphatic hydroxyl groups is 16. The van der Waals surface area contributed by atoms with E-state index in [2.05, 4.69) is 21.3 Å². The molecule has 22 N–H and O–H groups in total. The van der Waals surface area contributed by atoms with E-state index in [-0.39, 0.29) is 0 Å². The van der Waals surface area contributed by atoms with E-state index in [1.54, 1.807) is 0 Å². The molecule has 35 heteroatoms. The van der Waals surface area contributed by atoms with Gasteiger partial charge in [-0.1, -0.05) is 0 Å². The van der Waals surface area contributed by atoms with Crippen molar-refractivity contribution >= 4 is 23.6 Å². The van der Waals surface area contributed by atoms with E-state index in [1.807, 2.05) is 0 Å². The molecule has 4 aliphatic rings. The quantitative estimate of drug-likeness (QED) is 0.0165. The average Bonchev–Trinajstić information content (AvgIpc) is 3.42. The predicted molar refractivity (Wildman–Crippen MR) is 251 cm³/mol. The zero-order chi connectivity index (χ0) is 59.3. The Labute approximate surface area is 449 Å². The molecular formula is C44H75N5O30. The van der Waals surface area contributed by atoms with Crippen LogP contribution < -0.4 is 27.0 Å². The summed E-state index contributed by atoms with van der Waals surface area (Å²) in [6.07, 6.45) is -40.3. The largest absolute Gasteiger partial charge is 0.507 e. The van der Waals surface area contributed by atoms with Gasteiger partial charge < -0.3 is 147 Å². The monoisotopic (exact) mass is 1150 g/mol. The minimum absolute atomic E-state index is 0.536. The first-order valence-corrected chi connectivity index (χ1v) is 24.6. The molecule has 4 aliphatic heterocycles. The van der Waals surface area contributed by atoms with Crippen molar-refractivity contribution in [2.45, 2.75) is 195 Å². The second kappa shape index (κ2) is 30.9. The summed E-state index contributed by atoms with van der Waals surface area (Å²) in [7, 11) is 0. The number of carbonyl (C=O) groups excluding carboxylic acids is 4. The molecule has 35 nitrogen and oxygen atoms in total. The molecule has 0 saturated carbocycles. The Hall–Kier alpha value is -4.04. The molecule has 456 valence electrons. The Balaban J connectivity index is 1.65. The van der Waals surface area contributed by atoms with E-state index >= 15 is 0 Å². The highest BCUT2D eigenvalue weighted by Crippen LogP contribution is 2.32. The van der Waals surface area contributed by atoms with Crippen LogP contribution in [0.25, 0.3) is 0 Å². The Bertz CT molecular complexity index is 2040. The molecule has 0 aromatic heterocycles. The Kier molecular flexibility index (Phi) is 26.3. The predicted octanol–water partition coefficient (Wildman–Crippen LogP) is -10.6. The molecule has 24 atom stereocenters. The highest BCUT2D eigenvalue weighted by Gasteiger charge is 2.52. The van der Waals surface area contributed by atoms with Crippen LogP contribution in [0.2, 0.25) is 0 Å². The normalized spacial score (nSPS) is 37.3. The maximum Gasteiger partial charge on any atom is 0.221 e.